The maximum absolute atomic E-state index is 13.6. The SMILES string of the molecule is CCCCOC(=O)c1ccc(N2C(=O)C(Nc3cc(C)ccc3C)=C(Sc3ccc(Cl)cc3)C2=O)cc1. The third-order valence-electron chi connectivity index (χ3n) is 5.82. The molecule has 0 saturated heterocycles. The van der Waals surface area contributed by atoms with Gasteiger partial charge in [0.05, 0.1) is 17.9 Å². The summed E-state index contributed by atoms with van der Waals surface area (Å²) in [5, 5.41) is 3.80. The lowest BCUT2D eigenvalue weighted by Crippen LogP contribution is -2.32. The number of carbonyl (C=O) groups excluding carboxylic acids is 3. The highest BCUT2D eigenvalue weighted by Gasteiger charge is 2.40. The molecule has 0 fully saturated rings. The minimum Gasteiger partial charge on any atom is -0.462 e. The van der Waals surface area contributed by atoms with E-state index in [4.69, 9.17) is 16.3 Å². The average molecular weight is 535 g/mol. The molecule has 190 valence electrons. The molecule has 3 aromatic rings. The Hall–Kier alpha value is -3.55. The van der Waals surface area contributed by atoms with E-state index >= 15 is 0 Å². The van der Waals surface area contributed by atoms with Crippen LogP contribution in [0.15, 0.2) is 82.2 Å². The number of hydrogen-bond donors (Lipinski definition) is 1. The molecule has 0 aliphatic carbocycles. The number of thioether (sulfide) groups is 1. The molecule has 0 atom stereocenters. The molecule has 37 heavy (non-hydrogen) atoms. The molecule has 0 saturated carbocycles. The predicted molar refractivity (Wildman–Crippen MR) is 148 cm³/mol. The van der Waals surface area contributed by atoms with Gasteiger partial charge in [0.15, 0.2) is 0 Å². The number of halogens is 1. The van der Waals surface area contributed by atoms with Crippen molar-refractivity contribution < 1.29 is 19.1 Å². The summed E-state index contributed by atoms with van der Waals surface area (Å²) in [5.74, 6) is -1.36. The van der Waals surface area contributed by atoms with E-state index in [9.17, 15) is 14.4 Å². The average Bonchev–Trinajstić information content (AvgIpc) is 3.11. The maximum Gasteiger partial charge on any atom is 0.338 e. The second-order valence-electron chi connectivity index (χ2n) is 8.69. The van der Waals surface area contributed by atoms with Crippen LogP contribution in [0.25, 0.3) is 0 Å². The molecular formula is C29H27ClN2O4S. The first kappa shape index (κ1) is 26.5. The lowest BCUT2D eigenvalue weighted by Gasteiger charge is -2.16. The largest absolute Gasteiger partial charge is 0.462 e. The van der Waals surface area contributed by atoms with Gasteiger partial charge in [-0.15, -0.1) is 0 Å². The van der Waals surface area contributed by atoms with Gasteiger partial charge in [-0.05, 0) is 86.0 Å². The van der Waals surface area contributed by atoms with Gasteiger partial charge < -0.3 is 10.1 Å². The summed E-state index contributed by atoms with van der Waals surface area (Å²) in [6.45, 7) is 6.27. The Balaban J connectivity index is 1.65. The summed E-state index contributed by atoms with van der Waals surface area (Å²) < 4.78 is 5.25. The summed E-state index contributed by atoms with van der Waals surface area (Å²) in [5.41, 5.74) is 3.64. The second-order valence-corrected chi connectivity index (χ2v) is 10.2. The number of nitrogens with zero attached hydrogens (tertiary/aromatic N) is 1. The van der Waals surface area contributed by atoms with Gasteiger partial charge in [0, 0.05) is 15.6 Å². The lowest BCUT2D eigenvalue weighted by molar-refractivity contribution is -0.120. The summed E-state index contributed by atoms with van der Waals surface area (Å²) in [4.78, 5) is 41.7. The number of anilines is 2. The van der Waals surface area contributed by atoms with Crippen LogP contribution in [-0.4, -0.2) is 24.4 Å². The van der Waals surface area contributed by atoms with E-state index in [-0.39, 0.29) is 10.6 Å². The highest BCUT2D eigenvalue weighted by Crippen LogP contribution is 2.38. The van der Waals surface area contributed by atoms with Gasteiger partial charge >= 0.3 is 5.97 Å². The number of nitrogens with one attached hydrogen (secondary N) is 1. The standard InChI is InChI=1S/C29H27ClN2O4S/c1-4-5-16-36-29(35)20-8-12-22(13-9-20)32-27(33)25(31-24-17-18(2)6-7-19(24)3)26(28(32)34)37-23-14-10-21(30)11-15-23/h6-15,17,31H,4-5,16H2,1-3H3. The topological polar surface area (TPSA) is 75.7 Å². The maximum atomic E-state index is 13.6. The zero-order valence-electron chi connectivity index (χ0n) is 20.8. The van der Waals surface area contributed by atoms with Gasteiger partial charge in [-0.25, -0.2) is 9.69 Å². The molecule has 1 aliphatic heterocycles. The molecule has 0 radical (unpaired) electrons. The molecule has 0 spiro atoms. The van der Waals surface area contributed by atoms with Crippen molar-refractivity contribution >= 4 is 52.5 Å². The number of benzene rings is 3. The zero-order valence-corrected chi connectivity index (χ0v) is 22.4. The van der Waals surface area contributed by atoms with E-state index in [2.05, 4.69) is 5.32 Å². The number of carbonyl (C=O) groups is 3. The van der Waals surface area contributed by atoms with E-state index in [1.165, 1.54) is 11.8 Å². The van der Waals surface area contributed by atoms with Crippen LogP contribution < -0.4 is 10.2 Å². The number of esters is 1. The fourth-order valence-electron chi connectivity index (χ4n) is 3.71. The number of unbranched alkanes of at least 4 members (excludes halogenated alkanes) is 1. The number of aryl methyl sites for hydroxylation is 2. The Morgan fingerprint density at radius 2 is 1.68 bits per heavy atom. The minimum atomic E-state index is -0.472. The van der Waals surface area contributed by atoms with Crippen LogP contribution in [0.2, 0.25) is 5.02 Å². The van der Waals surface area contributed by atoms with Crippen molar-refractivity contribution in [1.82, 2.24) is 0 Å². The van der Waals surface area contributed by atoms with Crippen LogP contribution in [0.1, 0.15) is 41.3 Å². The van der Waals surface area contributed by atoms with E-state index in [0.717, 1.165) is 39.5 Å². The Bertz CT molecular complexity index is 1370. The van der Waals surface area contributed by atoms with Crippen LogP contribution >= 0.6 is 23.4 Å². The van der Waals surface area contributed by atoms with Crippen LogP contribution in [-0.2, 0) is 14.3 Å². The number of imide groups is 1. The molecule has 1 heterocycles. The van der Waals surface area contributed by atoms with Gasteiger partial charge in [-0.1, -0.05) is 48.8 Å². The third-order valence-corrected chi connectivity index (χ3v) is 7.16. The summed E-state index contributed by atoms with van der Waals surface area (Å²) in [6, 6.07) is 19.2. The molecule has 0 unspecified atom stereocenters. The fraction of sp³-hybridized carbons (Fsp3) is 0.207. The molecule has 6 nitrogen and oxygen atoms in total. The molecule has 2 amide bonds. The minimum absolute atomic E-state index is 0.196. The lowest BCUT2D eigenvalue weighted by atomic mass is 10.1. The number of ether oxygens (including phenoxy) is 1. The second kappa shape index (κ2) is 11.7. The monoisotopic (exact) mass is 534 g/mol. The predicted octanol–water partition coefficient (Wildman–Crippen LogP) is 6.90. The quantitative estimate of drug-likeness (QED) is 0.183. The Kier molecular flexibility index (Phi) is 8.36. The molecule has 0 bridgehead atoms. The highest BCUT2D eigenvalue weighted by atomic mass is 35.5. The molecule has 3 aromatic carbocycles. The number of amides is 2. The van der Waals surface area contributed by atoms with Crippen molar-refractivity contribution in [2.24, 2.45) is 0 Å². The van der Waals surface area contributed by atoms with Gasteiger partial charge in [-0.2, -0.15) is 0 Å². The van der Waals surface area contributed by atoms with Crippen LogP contribution in [0.3, 0.4) is 0 Å². The fourth-order valence-corrected chi connectivity index (χ4v) is 4.77. The van der Waals surface area contributed by atoms with Gasteiger partial charge in [-0.3, -0.25) is 9.59 Å². The van der Waals surface area contributed by atoms with Gasteiger partial charge in [0.25, 0.3) is 11.8 Å². The molecule has 4 rings (SSSR count). The normalized spacial score (nSPS) is 13.4. The van der Waals surface area contributed by atoms with Crippen LogP contribution in [0.5, 0.6) is 0 Å². The Labute approximate surface area is 225 Å². The summed E-state index contributed by atoms with van der Waals surface area (Å²) >= 11 is 7.23. The van der Waals surface area contributed by atoms with Gasteiger partial charge in [0.2, 0.25) is 0 Å². The molecule has 0 aromatic heterocycles. The summed E-state index contributed by atoms with van der Waals surface area (Å²) in [6.07, 6.45) is 1.71. The summed E-state index contributed by atoms with van der Waals surface area (Å²) in [7, 11) is 0. The first-order valence-electron chi connectivity index (χ1n) is 12.0. The third kappa shape index (κ3) is 6.06. The van der Waals surface area contributed by atoms with Crippen molar-refractivity contribution in [3.8, 4) is 0 Å². The van der Waals surface area contributed by atoms with E-state index < -0.39 is 17.8 Å². The Morgan fingerprint density at radius 1 is 0.973 bits per heavy atom. The van der Waals surface area contributed by atoms with Crippen molar-refractivity contribution in [2.75, 3.05) is 16.8 Å². The van der Waals surface area contributed by atoms with Crippen molar-refractivity contribution in [2.45, 2.75) is 38.5 Å². The van der Waals surface area contributed by atoms with Crippen LogP contribution in [0.4, 0.5) is 11.4 Å². The van der Waals surface area contributed by atoms with Crippen LogP contribution in [0, 0.1) is 13.8 Å². The zero-order chi connectivity index (χ0) is 26.5. The van der Waals surface area contributed by atoms with E-state index in [1.807, 2.05) is 39.0 Å². The molecule has 1 N–H and O–H groups in total. The Morgan fingerprint density at radius 3 is 2.35 bits per heavy atom. The molecular weight excluding hydrogens is 508 g/mol. The first-order valence-corrected chi connectivity index (χ1v) is 13.2. The van der Waals surface area contributed by atoms with Crippen molar-refractivity contribution in [1.29, 1.82) is 0 Å². The van der Waals surface area contributed by atoms with Gasteiger partial charge in [0.1, 0.15) is 10.6 Å². The first-order chi connectivity index (χ1) is 17.8. The highest BCUT2D eigenvalue weighted by molar-refractivity contribution is 8.04. The number of hydrogen-bond acceptors (Lipinski definition) is 6. The van der Waals surface area contributed by atoms with E-state index in [1.54, 1.807) is 48.5 Å². The molecule has 1 aliphatic rings. The smallest absolute Gasteiger partial charge is 0.338 e. The molecule has 8 heteroatoms. The van der Waals surface area contributed by atoms with Crippen molar-refractivity contribution in [3.05, 3.63) is 99.0 Å². The van der Waals surface area contributed by atoms with Crippen molar-refractivity contribution in [3.63, 3.8) is 0 Å². The number of rotatable bonds is 9. The van der Waals surface area contributed by atoms with E-state index in [0.29, 0.717) is 22.9 Å².